The van der Waals surface area contributed by atoms with Crippen molar-refractivity contribution >= 4 is 46.5 Å². The maximum Gasteiger partial charge on any atom is 0.311 e. The minimum atomic E-state index is -0.618. The van der Waals surface area contributed by atoms with Crippen molar-refractivity contribution < 1.29 is 14.3 Å². The molecule has 140 valence electrons. The van der Waals surface area contributed by atoms with Crippen LogP contribution in [0.3, 0.4) is 0 Å². The summed E-state index contributed by atoms with van der Waals surface area (Å²) in [5.74, 6) is -1.52. The van der Waals surface area contributed by atoms with Crippen LogP contribution >= 0.6 is 11.3 Å². The van der Waals surface area contributed by atoms with Crippen LogP contribution in [0.4, 0.5) is 15.8 Å². The fraction of sp³-hybridized carbons (Fsp3) is 0.0500. The number of hydrogen-bond acceptors (Lipinski definition) is 5. The fourth-order valence-corrected chi connectivity index (χ4v) is 3.68. The molecule has 0 unspecified atom stereocenters. The highest BCUT2D eigenvalue weighted by atomic mass is 32.1. The first-order chi connectivity index (χ1) is 13.5. The quantitative estimate of drug-likeness (QED) is 0.707. The monoisotopic (exact) mass is 395 g/mol. The second kappa shape index (κ2) is 7.24. The second-order valence-electron chi connectivity index (χ2n) is 6.05. The average molecular weight is 395 g/mol. The zero-order valence-corrected chi connectivity index (χ0v) is 15.2. The third kappa shape index (κ3) is 3.37. The number of anilines is 1. The number of aliphatic imine (C=N–C) groups is 1. The molecule has 2 heterocycles. The van der Waals surface area contributed by atoms with Crippen molar-refractivity contribution in [3.63, 3.8) is 0 Å². The Balaban J connectivity index is 1.58. The summed E-state index contributed by atoms with van der Waals surface area (Å²) in [6.45, 7) is -0.427. The van der Waals surface area contributed by atoms with Gasteiger partial charge in [0.15, 0.2) is 0 Å². The number of para-hydroxylation sites is 2. The molecule has 4 rings (SSSR count). The molecule has 0 radical (unpaired) electrons. The number of carbonyl (C=O) groups is 1. The van der Waals surface area contributed by atoms with Gasteiger partial charge in [0, 0.05) is 17.4 Å². The molecule has 28 heavy (non-hydrogen) atoms. The number of carbonyl (C=O) groups excluding carboxylic acids is 1. The first-order valence-electron chi connectivity index (χ1n) is 8.35. The van der Waals surface area contributed by atoms with Crippen LogP contribution in [-0.2, 0) is 11.3 Å². The molecule has 6 nitrogen and oxygen atoms in total. The Morgan fingerprint density at radius 2 is 1.96 bits per heavy atom. The zero-order chi connectivity index (χ0) is 19.7. The predicted octanol–water partition coefficient (Wildman–Crippen LogP) is 3.65. The van der Waals surface area contributed by atoms with Crippen LogP contribution in [0, 0.1) is 5.82 Å². The van der Waals surface area contributed by atoms with Gasteiger partial charge in [-0.15, -0.1) is 0 Å². The molecule has 2 N–H and O–H groups in total. The molecule has 0 aliphatic carbocycles. The van der Waals surface area contributed by atoms with Gasteiger partial charge >= 0.3 is 4.87 Å². The maximum atomic E-state index is 13.6. The number of aromatic hydroxyl groups is 1. The molecule has 0 atom stereocenters. The summed E-state index contributed by atoms with van der Waals surface area (Å²) < 4.78 is 14.6. The van der Waals surface area contributed by atoms with E-state index in [1.54, 1.807) is 18.4 Å². The van der Waals surface area contributed by atoms with E-state index in [1.807, 2.05) is 24.3 Å². The fourth-order valence-electron chi connectivity index (χ4n) is 2.84. The Morgan fingerprint density at radius 3 is 2.79 bits per heavy atom. The molecule has 0 saturated carbocycles. The lowest BCUT2D eigenvalue weighted by Gasteiger charge is -2.07. The number of benzene rings is 2. The van der Waals surface area contributed by atoms with Crippen LogP contribution in [-0.4, -0.2) is 21.8 Å². The summed E-state index contributed by atoms with van der Waals surface area (Å²) in [7, 11) is 0. The van der Waals surface area contributed by atoms with E-state index in [1.165, 1.54) is 18.2 Å². The Labute approximate surface area is 162 Å². The van der Waals surface area contributed by atoms with Gasteiger partial charge in [-0.1, -0.05) is 41.7 Å². The van der Waals surface area contributed by atoms with E-state index in [4.69, 9.17) is 0 Å². The minimum absolute atomic E-state index is 0.0105. The second-order valence-corrected chi connectivity index (χ2v) is 7.04. The summed E-state index contributed by atoms with van der Waals surface area (Å²) in [4.78, 5) is 28.5. The summed E-state index contributed by atoms with van der Waals surface area (Å²) in [6, 6.07) is 13.2. The van der Waals surface area contributed by atoms with E-state index in [2.05, 4.69) is 10.3 Å². The third-order valence-corrected chi connectivity index (χ3v) is 5.10. The number of allylic oxidation sites excluding steroid dienone is 1. The normalized spacial score (nSPS) is 13.7. The number of halogens is 1. The number of aromatic nitrogens is 1. The number of nitrogens with one attached hydrogen (secondary N) is 1. The topological polar surface area (TPSA) is 83.7 Å². The van der Waals surface area contributed by atoms with Gasteiger partial charge in [-0.05, 0) is 24.3 Å². The van der Waals surface area contributed by atoms with E-state index in [0.717, 1.165) is 32.7 Å². The first-order valence-corrected chi connectivity index (χ1v) is 9.17. The molecule has 1 aliphatic heterocycles. The zero-order valence-electron chi connectivity index (χ0n) is 14.4. The Hall–Kier alpha value is -3.52. The van der Waals surface area contributed by atoms with Crippen molar-refractivity contribution in [3.05, 3.63) is 74.5 Å². The summed E-state index contributed by atoms with van der Waals surface area (Å²) >= 11 is 0.819. The lowest BCUT2D eigenvalue weighted by molar-refractivity contribution is -0.116. The van der Waals surface area contributed by atoms with Crippen LogP contribution in [0.5, 0.6) is 5.88 Å². The molecule has 2 aromatic carbocycles. The molecule has 3 aromatic rings. The Bertz CT molecular complexity index is 1190. The first kappa shape index (κ1) is 17.9. The van der Waals surface area contributed by atoms with Gasteiger partial charge in [0.05, 0.1) is 16.3 Å². The molecule has 1 amide bonds. The van der Waals surface area contributed by atoms with Crippen LogP contribution in [0.25, 0.3) is 11.6 Å². The Morgan fingerprint density at radius 1 is 1.21 bits per heavy atom. The third-order valence-electron chi connectivity index (χ3n) is 4.19. The predicted molar refractivity (Wildman–Crippen MR) is 108 cm³/mol. The summed E-state index contributed by atoms with van der Waals surface area (Å²) in [5.41, 5.74) is 2.47. The van der Waals surface area contributed by atoms with Gasteiger partial charge in [0.1, 0.15) is 12.4 Å². The van der Waals surface area contributed by atoms with Crippen molar-refractivity contribution in [2.45, 2.75) is 6.54 Å². The van der Waals surface area contributed by atoms with Gasteiger partial charge in [-0.2, -0.15) is 0 Å². The van der Waals surface area contributed by atoms with Crippen molar-refractivity contribution in [2.75, 3.05) is 5.32 Å². The van der Waals surface area contributed by atoms with E-state index < -0.39 is 23.1 Å². The molecular formula is C20H14FN3O3S. The summed E-state index contributed by atoms with van der Waals surface area (Å²) in [6.07, 6.45) is 3.31. The highest BCUT2D eigenvalue weighted by Crippen LogP contribution is 2.34. The van der Waals surface area contributed by atoms with Gasteiger partial charge in [-0.25, -0.2) is 4.39 Å². The van der Waals surface area contributed by atoms with E-state index in [-0.39, 0.29) is 11.6 Å². The molecule has 1 aromatic heterocycles. The molecule has 0 fully saturated rings. The van der Waals surface area contributed by atoms with E-state index in [9.17, 15) is 19.1 Å². The van der Waals surface area contributed by atoms with Gasteiger partial charge in [0.25, 0.3) is 0 Å². The Kier molecular flexibility index (Phi) is 4.62. The SMILES string of the molecule is O=C(Cn1c(O)c(/C=C2\C=Nc3ccccc32)sc1=O)Nc1ccccc1F. The van der Waals surface area contributed by atoms with Crippen molar-refractivity contribution in [1.82, 2.24) is 4.57 Å². The lowest BCUT2D eigenvalue weighted by atomic mass is 10.1. The van der Waals surface area contributed by atoms with Crippen LogP contribution in [0.1, 0.15) is 10.4 Å². The van der Waals surface area contributed by atoms with E-state index >= 15 is 0 Å². The van der Waals surface area contributed by atoms with Gasteiger partial charge < -0.3 is 10.4 Å². The van der Waals surface area contributed by atoms with Crippen LogP contribution in [0.15, 0.2) is 58.3 Å². The van der Waals surface area contributed by atoms with Crippen molar-refractivity contribution in [3.8, 4) is 5.88 Å². The number of hydrogen-bond donors (Lipinski definition) is 2. The van der Waals surface area contributed by atoms with Gasteiger partial charge in [-0.3, -0.25) is 19.1 Å². The number of amides is 1. The van der Waals surface area contributed by atoms with Crippen LogP contribution in [0.2, 0.25) is 0 Å². The number of nitrogens with zero attached hydrogens (tertiary/aromatic N) is 2. The number of thiazole rings is 1. The smallest absolute Gasteiger partial charge is 0.311 e. The molecule has 8 heteroatoms. The molecule has 0 saturated heterocycles. The molecule has 0 bridgehead atoms. The largest absolute Gasteiger partial charge is 0.493 e. The minimum Gasteiger partial charge on any atom is -0.493 e. The van der Waals surface area contributed by atoms with Crippen LogP contribution < -0.4 is 10.2 Å². The standard InChI is InChI=1S/C20H14FN3O3S/c21-14-6-2-4-8-16(14)23-18(25)11-24-19(26)17(28-20(24)27)9-12-10-22-15-7-3-1-5-13(12)15/h1-10,26H,11H2,(H,23,25)/b12-9+. The van der Waals surface area contributed by atoms with Crippen molar-refractivity contribution in [1.29, 1.82) is 0 Å². The van der Waals surface area contributed by atoms with E-state index in [0.29, 0.717) is 4.88 Å². The molecule has 0 spiro atoms. The van der Waals surface area contributed by atoms with Gasteiger partial charge in [0.2, 0.25) is 11.8 Å². The molecular weight excluding hydrogens is 381 g/mol. The van der Waals surface area contributed by atoms with Crippen molar-refractivity contribution in [2.24, 2.45) is 4.99 Å². The number of rotatable bonds is 4. The highest BCUT2D eigenvalue weighted by Gasteiger charge is 2.18. The maximum absolute atomic E-state index is 13.6. The summed E-state index contributed by atoms with van der Waals surface area (Å²) in [5, 5.41) is 12.8. The number of fused-ring (bicyclic) bond motifs is 1. The molecule has 1 aliphatic rings. The highest BCUT2D eigenvalue weighted by molar-refractivity contribution is 7.10. The average Bonchev–Trinajstić information content (AvgIpc) is 3.20. The lowest BCUT2D eigenvalue weighted by Crippen LogP contribution is -2.24.